The maximum Gasteiger partial charge on any atom is 0.214 e. The molecule has 3 nitrogen and oxygen atoms in total. The van der Waals surface area contributed by atoms with Gasteiger partial charge in [0, 0.05) is 6.42 Å². The van der Waals surface area contributed by atoms with E-state index in [1.165, 1.54) is 19.3 Å². The lowest BCUT2D eigenvalue weighted by Crippen LogP contribution is -2.29. The van der Waals surface area contributed by atoms with Crippen molar-refractivity contribution in [3.63, 3.8) is 0 Å². The average molecular weight is 194 g/mol. The first-order valence-electron chi connectivity index (χ1n) is 5.35. The van der Waals surface area contributed by atoms with Crippen LogP contribution in [0, 0.1) is 0 Å². The van der Waals surface area contributed by atoms with Gasteiger partial charge in [0.05, 0.1) is 11.2 Å². The fourth-order valence-electron chi connectivity index (χ4n) is 1.80. The summed E-state index contributed by atoms with van der Waals surface area (Å²) in [5.41, 5.74) is 6.63. The Morgan fingerprint density at radius 2 is 1.93 bits per heavy atom. The Kier molecular flexibility index (Phi) is 2.35. The first-order valence-corrected chi connectivity index (χ1v) is 5.35. The van der Waals surface area contributed by atoms with Crippen molar-refractivity contribution in [2.45, 2.75) is 51.5 Å². The summed E-state index contributed by atoms with van der Waals surface area (Å²) in [5.74, 6) is 1.75. The van der Waals surface area contributed by atoms with Crippen molar-refractivity contribution in [1.29, 1.82) is 0 Å². The molecule has 0 radical (unpaired) electrons. The molecule has 0 amide bonds. The van der Waals surface area contributed by atoms with E-state index in [0.717, 1.165) is 24.3 Å². The molecule has 2 rings (SSSR count). The Morgan fingerprint density at radius 3 is 2.64 bits per heavy atom. The number of fused-ring (bicyclic) bond motifs is 1. The molecule has 0 aromatic carbocycles. The highest BCUT2D eigenvalue weighted by Crippen LogP contribution is 2.25. The Morgan fingerprint density at radius 1 is 1.21 bits per heavy atom. The molecular formula is C11H18N2O. The molecule has 0 aliphatic heterocycles. The van der Waals surface area contributed by atoms with Crippen LogP contribution in [0.2, 0.25) is 0 Å². The monoisotopic (exact) mass is 194 g/mol. The van der Waals surface area contributed by atoms with Gasteiger partial charge in [-0.25, -0.2) is 4.98 Å². The maximum atomic E-state index is 5.95. The molecule has 0 spiro atoms. The van der Waals surface area contributed by atoms with Gasteiger partial charge in [0.1, 0.15) is 5.76 Å². The lowest BCUT2D eigenvalue weighted by atomic mass is 10.1. The van der Waals surface area contributed by atoms with Crippen LogP contribution in [0.4, 0.5) is 0 Å². The fourth-order valence-corrected chi connectivity index (χ4v) is 1.80. The third-order valence-corrected chi connectivity index (χ3v) is 2.65. The number of aryl methyl sites for hydroxylation is 2. The summed E-state index contributed by atoms with van der Waals surface area (Å²) >= 11 is 0. The van der Waals surface area contributed by atoms with Crippen LogP contribution in [0.3, 0.4) is 0 Å². The van der Waals surface area contributed by atoms with Gasteiger partial charge >= 0.3 is 0 Å². The largest absolute Gasteiger partial charge is 0.443 e. The van der Waals surface area contributed by atoms with Crippen LogP contribution in [0.5, 0.6) is 0 Å². The minimum Gasteiger partial charge on any atom is -0.443 e. The van der Waals surface area contributed by atoms with Crippen molar-refractivity contribution in [1.82, 2.24) is 4.98 Å². The molecule has 0 saturated carbocycles. The van der Waals surface area contributed by atoms with Gasteiger partial charge in [-0.15, -0.1) is 0 Å². The minimum atomic E-state index is -0.452. The smallest absolute Gasteiger partial charge is 0.214 e. The molecule has 1 aromatic rings. The number of hydrogen-bond acceptors (Lipinski definition) is 3. The molecule has 0 fully saturated rings. The Balaban J connectivity index is 2.31. The van der Waals surface area contributed by atoms with E-state index < -0.39 is 5.54 Å². The third-order valence-electron chi connectivity index (χ3n) is 2.65. The standard InChI is InChI=1S/C11H18N2O/c1-11(2,12)10-13-8-6-4-3-5-7-9(8)14-10/h3-7,12H2,1-2H3. The van der Waals surface area contributed by atoms with E-state index in [9.17, 15) is 0 Å². The molecule has 2 N–H and O–H groups in total. The molecule has 78 valence electrons. The lowest BCUT2D eigenvalue weighted by molar-refractivity contribution is 0.358. The van der Waals surface area contributed by atoms with Crippen LogP contribution in [0.25, 0.3) is 0 Å². The first-order chi connectivity index (χ1) is 6.57. The number of oxazole rings is 1. The van der Waals surface area contributed by atoms with Crippen LogP contribution in [0.1, 0.15) is 50.5 Å². The molecule has 0 atom stereocenters. The van der Waals surface area contributed by atoms with Gasteiger partial charge in [0.15, 0.2) is 0 Å². The summed E-state index contributed by atoms with van der Waals surface area (Å²) in [6, 6.07) is 0. The summed E-state index contributed by atoms with van der Waals surface area (Å²) in [4.78, 5) is 4.49. The van der Waals surface area contributed by atoms with Crippen LogP contribution < -0.4 is 5.73 Å². The van der Waals surface area contributed by atoms with E-state index >= 15 is 0 Å². The number of nitrogens with two attached hydrogens (primary N) is 1. The Bertz CT molecular complexity index is 299. The lowest BCUT2D eigenvalue weighted by Gasteiger charge is -2.12. The summed E-state index contributed by atoms with van der Waals surface area (Å²) in [5, 5.41) is 0. The fraction of sp³-hybridized carbons (Fsp3) is 0.727. The van der Waals surface area contributed by atoms with Gasteiger partial charge in [0.2, 0.25) is 5.89 Å². The first kappa shape index (κ1) is 9.71. The summed E-state index contributed by atoms with van der Waals surface area (Å²) < 4.78 is 5.71. The van der Waals surface area contributed by atoms with Crippen LogP contribution in [-0.4, -0.2) is 4.98 Å². The molecule has 3 heteroatoms. The zero-order valence-corrected chi connectivity index (χ0v) is 8.97. The molecular weight excluding hydrogens is 176 g/mol. The zero-order valence-electron chi connectivity index (χ0n) is 8.97. The Hall–Kier alpha value is -0.830. The van der Waals surface area contributed by atoms with Gasteiger partial charge in [-0.05, 0) is 33.1 Å². The Labute approximate surface area is 84.7 Å². The van der Waals surface area contributed by atoms with E-state index in [2.05, 4.69) is 4.98 Å². The van der Waals surface area contributed by atoms with Crippen molar-refractivity contribution >= 4 is 0 Å². The molecule has 14 heavy (non-hydrogen) atoms. The van der Waals surface area contributed by atoms with Crippen molar-refractivity contribution in [3.05, 3.63) is 17.3 Å². The van der Waals surface area contributed by atoms with Crippen LogP contribution in [0.15, 0.2) is 4.42 Å². The van der Waals surface area contributed by atoms with Crippen molar-refractivity contribution in [2.75, 3.05) is 0 Å². The van der Waals surface area contributed by atoms with E-state index in [4.69, 9.17) is 10.2 Å². The predicted molar refractivity (Wildman–Crippen MR) is 55.0 cm³/mol. The summed E-state index contributed by atoms with van der Waals surface area (Å²) in [6.45, 7) is 3.86. The van der Waals surface area contributed by atoms with Crippen molar-refractivity contribution in [2.24, 2.45) is 5.73 Å². The SMILES string of the molecule is CC(C)(N)c1nc2c(o1)CCCCC2. The number of nitrogens with zero attached hydrogens (tertiary/aromatic N) is 1. The predicted octanol–water partition coefficient (Wildman–Crippen LogP) is 2.14. The molecule has 0 saturated heterocycles. The van der Waals surface area contributed by atoms with Gasteiger partial charge < -0.3 is 10.2 Å². The highest BCUT2D eigenvalue weighted by atomic mass is 16.4. The maximum absolute atomic E-state index is 5.95. The van der Waals surface area contributed by atoms with E-state index in [1.807, 2.05) is 13.8 Å². The molecule has 1 aromatic heterocycles. The van der Waals surface area contributed by atoms with E-state index in [-0.39, 0.29) is 0 Å². The average Bonchev–Trinajstić information content (AvgIpc) is 2.38. The van der Waals surface area contributed by atoms with E-state index in [1.54, 1.807) is 0 Å². The number of rotatable bonds is 1. The summed E-state index contributed by atoms with van der Waals surface area (Å²) in [7, 11) is 0. The second kappa shape index (κ2) is 3.39. The van der Waals surface area contributed by atoms with Crippen LogP contribution >= 0.6 is 0 Å². The van der Waals surface area contributed by atoms with Crippen molar-refractivity contribution < 1.29 is 4.42 Å². The number of aromatic nitrogens is 1. The molecule has 1 heterocycles. The van der Waals surface area contributed by atoms with Gasteiger partial charge in [0.25, 0.3) is 0 Å². The second-order valence-corrected chi connectivity index (χ2v) is 4.67. The highest BCUT2D eigenvalue weighted by Gasteiger charge is 2.24. The topological polar surface area (TPSA) is 52.0 Å². The molecule has 0 bridgehead atoms. The molecule has 1 aliphatic rings. The highest BCUT2D eigenvalue weighted by molar-refractivity contribution is 5.14. The van der Waals surface area contributed by atoms with E-state index in [0.29, 0.717) is 5.89 Å². The minimum absolute atomic E-state index is 0.452. The zero-order chi connectivity index (χ0) is 10.2. The second-order valence-electron chi connectivity index (χ2n) is 4.67. The summed E-state index contributed by atoms with van der Waals surface area (Å²) in [6.07, 6.45) is 5.80. The molecule has 1 aliphatic carbocycles. The third kappa shape index (κ3) is 1.82. The van der Waals surface area contributed by atoms with Crippen molar-refractivity contribution in [3.8, 4) is 0 Å². The normalized spacial score (nSPS) is 17.6. The van der Waals surface area contributed by atoms with Gasteiger partial charge in [-0.1, -0.05) is 6.42 Å². The van der Waals surface area contributed by atoms with Gasteiger partial charge in [-0.3, -0.25) is 0 Å². The quantitative estimate of drug-likeness (QED) is 0.697. The van der Waals surface area contributed by atoms with Crippen LogP contribution in [-0.2, 0) is 18.4 Å². The molecule has 0 unspecified atom stereocenters. The van der Waals surface area contributed by atoms with Gasteiger partial charge in [-0.2, -0.15) is 0 Å². The number of hydrogen-bond donors (Lipinski definition) is 1.